The van der Waals surface area contributed by atoms with E-state index in [0.717, 1.165) is 22.0 Å². The maximum absolute atomic E-state index is 5.34. The van der Waals surface area contributed by atoms with Gasteiger partial charge in [-0.3, -0.25) is 0 Å². The number of methoxy groups -OCH3 is 1. The van der Waals surface area contributed by atoms with Crippen LogP contribution in [0.4, 0.5) is 0 Å². The molecule has 2 aromatic carbocycles. The minimum absolute atomic E-state index is 0.878. The van der Waals surface area contributed by atoms with Gasteiger partial charge in [-0.2, -0.15) is 0 Å². The Morgan fingerprint density at radius 1 is 1.06 bits per heavy atom. The summed E-state index contributed by atoms with van der Waals surface area (Å²) < 4.78 is 5.34. The van der Waals surface area contributed by atoms with Crippen molar-refractivity contribution in [2.45, 2.75) is 5.75 Å². The average Bonchev–Trinajstić information content (AvgIpc) is 2.45. The van der Waals surface area contributed by atoms with Crippen LogP contribution in [0.15, 0.2) is 61.2 Å². The smallest absolute Gasteiger partial charge is 0.127 e. The van der Waals surface area contributed by atoms with E-state index in [2.05, 4.69) is 30.8 Å². The van der Waals surface area contributed by atoms with Crippen LogP contribution in [0.5, 0.6) is 5.75 Å². The molecule has 0 spiro atoms. The van der Waals surface area contributed by atoms with Crippen LogP contribution < -0.4 is 4.74 Å². The van der Waals surface area contributed by atoms with Crippen molar-refractivity contribution in [1.82, 2.24) is 0 Å². The molecule has 0 saturated heterocycles. The normalized spacial score (nSPS) is 10.1. The number of thioether (sulfide) groups is 1. The Bertz CT molecular complexity index is 520. The predicted octanol–water partition coefficient (Wildman–Crippen LogP) is 4.60. The summed E-state index contributed by atoms with van der Waals surface area (Å²) in [5, 5.41) is 0. The number of benzene rings is 2. The third-order valence-electron chi connectivity index (χ3n) is 2.66. The van der Waals surface area contributed by atoms with Crippen molar-refractivity contribution in [3.05, 3.63) is 72.3 Å². The Morgan fingerprint density at radius 3 is 2.44 bits per heavy atom. The quantitative estimate of drug-likeness (QED) is 0.773. The van der Waals surface area contributed by atoms with E-state index in [0.29, 0.717) is 0 Å². The van der Waals surface area contributed by atoms with E-state index >= 15 is 0 Å². The number of rotatable bonds is 5. The van der Waals surface area contributed by atoms with Crippen LogP contribution >= 0.6 is 11.8 Å². The van der Waals surface area contributed by atoms with Gasteiger partial charge in [0.1, 0.15) is 5.75 Å². The maximum Gasteiger partial charge on any atom is 0.127 e. The second-order valence-electron chi connectivity index (χ2n) is 3.90. The first-order valence-electron chi connectivity index (χ1n) is 5.80. The minimum Gasteiger partial charge on any atom is -0.496 e. The van der Waals surface area contributed by atoms with Crippen molar-refractivity contribution in [1.29, 1.82) is 0 Å². The molecule has 18 heavy (non-hydrogen) atoms. The molecule has 2 rings (SSSR count). The number of ether oxygens (including phenoxy) is 1. The van der Waals surface area contributed by atoms with Crippen LogP contribution in [0, 0.1) is 0 Å². The van der Waals surface area contributed by atoms with Crippen LogP contribution in [0.1, 0.15) is 11.1 Å². The molecule has 0 bridgehead atoms. The summed E-state index contributed by atoms with van der Waals surface area (Å²) in [6.45, 7) is 4.13. The first-order chi connectivity index (χ1) is 8.81. The van der Waals surface area contributed by atoms with Gasteiger partial charge in [0.2, 0.25) is 0 Å². The third-order valence-corrected chi connectivity index (χ3v) is 3.71. The van der Waals surface area contributed by atoms with Gasteiger partial charge in [-0.05, 0) is 11.6 Å². The minimum atomic E-state index is 0.878. The second-order valence-corrected chi connectivity index (χ2v) is 4.97. The van der Waals surface area contributed by atoms with Gasteiger partial charge in [0.15, 0.2) is 0 Å². The molecule has 0 radical (unpaired) electrons. The van der Waals surface area contributed by atoms with Crippen molar-refractivity contribution in [3.63, 3.8) is 0 Å². The van der Waals surface area contributed by atoms with Crippen LogP contribution in [-0.4, -0.2) is 7.11 Å². The van der Waals surface area contributed by atoms with Crippen molar-refractivity contribution in [2.24, 2.45) is 0 Å². The second kappa shape index (κ2) is 6.31. The predicted molar refractivity (Wildman–Crippen MR) is 79.8 cm³/mol. The Balaban J connectivity index is 2.04. The highest BCUT2D eigenvalue weighted by molar-refractivity contribution is 8.07. The molecule has 0 amide bonds. The lowest BCUT2D eigenvalue weighted by Crippen LogP contribution is -1.89. The number of hydrogen-bond acceptors (Lipinski definition) is 2. The first-order valence-corrected chi connectivity index (χ1v) is 6.79. The molecule has 0 N–H and O–H groups in total. The molecule has 0 atom stereocenters. The summed E-state index contributed by atoms with van der Waals surface area (Å²) in [6, 6.07) is 18.4. The van der Waals surface area contributed by atoms with Gasteiger partial charge in [0.25, 0.3) is 0 Å². The lowest BCUT2D eigenvalue weighted by molar-refractivity contribution is 0.414. The topological polar surface area (TPSA) is 9.23 Å². The molecule has 1 nitrogen and oxygen atoms in total. The van der Waals surface area contributed by atoms with Crippen molar-refractivity contribution >= 4 is 16.7 Å². The van der Waals surface area contributed by atoms with Gasteiger partial charge in [0, 0.05) is 16.2 Å². The molecule has 0 aliphatic heterocycles. The fourth-order valence-electron chi connectivity index (χ4n) is 1.70. The van der Waals surface area contributed by atoms with E-state index in [4.69, 9.17) is 4.74 Å². The van der Waals surface area contributed by atoms with Gasteiger partial charge >= 0.3 is 0 Å². The van der Waals surface area contributed by atoms with Gasteiger partial charge in [-0.1, -0.05) is 55.1 Å². The Morgan fingerprint density at radius 2 is 1.72 bits per heavy atom. The molecule has 0 unspecified atom stereocenters. The molecule has 0 aromatic heterocycles. The standard InChI is InChI=1S/C16H16OS/c1-13(15-10-6-7-11-16(15)17-2)18-12-14-8-4-3-5-9-14/h3-11H,1,12H2,2H3. The molecule has 0 fully saturated rings. The lowest BCUT2D eigenvalue weighted by Gasteiger charge is -2.10. The monoisotopic (exact) mass is 256 g/mol. The first kappa shape index (κ1) is 12.8. The zero-order chi connectivity index (χ0) is 12.8. The maximum atomic E-state index is 5.34. The van der Waals surface area contributed by atoms with Crippen LogP contribution in [0.2, 0.25) is 0 Å². The molecule has 0 heterocycles. The van der Waals surface area contributed by atoms with Crippen molar-refractivity contribution in [3.8, 4) is 5.75 Å². The zero-order valence-corrected chi connectivity index (χ0v) is 11.2. The summed E-state index contributed by atoms with van der Waals surface area (Å²) >= 11 is 1.74. The van der Waals surface area contributed by atoms with Crippen LogP contribution in [0.25, 0.3) is 4.91 Å². The van der Waals surface area contributed by atoms with E-state index in [1.807, 2.05) is 30.3 Å². The molecule has 0 aliphatic carbocycles. The highest BCUT2D eigenvalue weighted by Gasteiger charge is 2.06. The van der Waals surface area contributed by atoms with Crippen LogP contribution in [-0.2, 0) is 5.75 Å². The van der Waals surface area contributed by atoms with E-state index in [1.54, 1.807) is 18.9 Å². The SMILES string of the molecule is C=C(SCc1ccccc1)c1ccccc1OC. The highest BCUT2D eigenvalue weighted by atomic mass is 32.2. The summed E-state index contributed by atoms with van der Waals surface area (Å²) in [4.78, 5) is 1.04. The third kappa shape index (κ3) is 3.17. The molecule has 0 saturated carbocycles. The zero-order valence-electron chi connectivity index (χ0n) is 10.4. The fraction of sp³-hybridized carbons (Fsp3) is 0.125. The molecule has 92 valence electrons. The summed E-state index contributed by atoms with van der Waals surface area (Å²) in [5.74, 6) is 1.81. The highest BCUT2D eigenvalue weighted by Crippen LogP contribution is 2.34. The Kier molecular flexibility index (Phi) is 4.48. The van der Waals surface area contributed by atoms with Crippen LogP contribution in [0.3, 0.4) is 0 Å². The summed E-state index contributed by atoms with van der Waals surface area (Å²) in [6.07, 6.45) is 0. The Labute approximate surface area is 112 Å². The lowest BCUT2D eigenvalue weighted by atomic mass is 10.2. The van der Waals surface area contributed by atoms with E-state index in [9.17, 15) is 0 Å². The molecular formula is C16H16OS. The van der Waals surface area contributed by atoms with Crippen molar-refractivity contribution < 1.29 is 4.74 Å². The number of hydrogen-bond donors (Lipinski definition) is 0. The molecule has 2 heteroatoms. The van der Waals surface area contributed by atoms with Gasteiger partial charge < -0.3 is 4.74 Å². The van der Waals surface area contributed by atoms with Gasteiger partial charge in [-0.15, -0.1) is 11.8 Å². The average molecular weight is 256 g/mol. The molecular weight excluding hydrogens is 240 g/mol. The molecule has 0 aliphatic rings. The van der Waals surface area contributed by atoms with E-state index in [-0.39, 0.29) is 0 Å². The van der Waals surface area contributed by atoms with Crippen molar-refractivity contribution in [2.75, 3.05) is 7.11 Å². The summed E-state index contributed by atoms with van der Waals surface area (Å²) in [7, 11) is 1.69. The van der Waals surface area contributed by atoms with E-state index < -0.39 is 0 Å². The Hall–Kier alpha value is -1.67. The molecule has 2 aromatic rings. The summed E-state index contributed by atoms with van der Waals surface area (Å²) in [5.41, 5.74) is 2.37. The van der Waals surface area contributed by atoms with Gasteiger partial charge in [0.05, 0.1) is 7.11 Å². The fourth-order valence-corrected chi connectivity index (χ4v) is 2.55. The van der Waals surface area contributed by atoms with Gasteiger partial charge in [-0.25, -0.2) is 0 Å². The van der Waals surface area contributed by atoms with E-state index in [1.165, 1.54) is 5.56 Å². The largest absolute Gasteiger partial charge is 0.496 e. The number of para-hydroxylation sites is 1.